The summed E-state index contributed by atoms with van der Waals surface area (Å²) in [4.78, 5) is 2.54. The van der Waals surface area contributed by atoms with E-state index in [1.807, 2.05) is 0 Å². The van der Waals surface area contributed by atoms with Crippen molar-refractivity contribution in [2.45, 2.75) is 46.6 Å². The molecule has 1 saturated heterocycles. The summed E-state index contributed by atoms with van der Waals surface area (Å²) in [5.41, 5.74) is 0.419. The number of nitrogens with one attached hydrogen (secondary N) is 1. The number of likely N-dealkylation sites (tertiary alicyclic amines) is 1. The van der Waals surface area contributed by atoms with E-state index in [4.69, 9.17) is 0 Å². The summed E-state index contributed by atoms with van der Waals surface area (Å²) in [6, 6.07) is 0.761. The van der Waals surface area contributed by atoms with E-state index in [2.05, 4.69) is 37.9 Å². The van der Waals surface area contributed by atoms with Crippen molar-refractivity contribution in [1.29, 1.82) is 0 Å². The first-order chi connectivity index (χ1) is 6.51. The van der Waals surface area contributed by atoms with Crippen LogP contribution in [0.5, 0.6) is 0 Å². The molecule has 1 rings (SSSR count). The lowest BCUT2D eigenvalue weighted by atomic mass is 9.95. The smallest absolute Gasteiger partial charge is 0.00916 e. The van der Waals surface area contributed by atoms with E-state index < -0.39 is 0 Å². The lowest BCUT2D eigenvalue weighted by Gasteiger charge is -2.33. The van der Waals surface area contributed by atoms with Crippen LogP contribution >= 0.6 is 0 Å². The van der Waals surface area contributed by atoms with Crippen molar-refractivity contribution >= 4 is 0 Å². The van der Waals surface area contributed by atoms with Crippen LogP contribution in [0.1, 0.15) is 40.5 Å². The Labute approximate surface area is 89.1 Å². The molecule has 2 nitrogen and oxygen atoms in total. The van der Waals surface area contributed by atoms with E-state index in [9.17, 15) is 0 Å². The van der Waals surface area contributed by atoms with Gasteiger partial charge in [-0.25, -0.2) is 0 Å². The Balaban J connectivity index is 2.16. The molecule has 0 amide bonds. The van der Waals surface area contributed by atoms with Gasteiger partial charge in [0, 0.05) is 12.6 Å². The second kappa shape index (κ2) is 5.13. The van der Waals surface area contributed by atoms with Crippen LogP contribution < -0.4 is 5.32 Å². The molecule has 1 aliphatic heterocycles. The van der Waals surface area contributed by atoms with Gasteiger partial charge in [0.15, 0.2) is 0 Å². The van der Waals surface area contributed by atoms with Gasteiger partial charge in [0.25, 0.3) is 0 Å². The standard InChI is InChI=1S/C12H26N2/c1-5-14-8-6-11(7-9-14)13-10-12(2,3)4/h11,13H,5-10H2,1-4H3. The first-order valence-corrected chi connectivity index (χ1v) is 5.97. The van der Waals surface area contributed by atoms with Crippen LogP contribution in [-0.4, -0.2) is 37.1 Å². The molecule has 1 fully saturated rings. The SMILES string of the molecule is CCN1CCC(NCC(C)(C)C)CC1. The minimum Gasteiger partial charge on any atom is -0.313 e. The van der Waals surface area contributed by atoms with Gasteiger partial charge >= 0.3 is 0 Å². The molecule has 0 spiro atoms. The van der Waals surface area contributed by atoms with Crippen molar-refractivity contribution in [2.75, 3.05) is 26.2 Å². The molecule has 0 radical (unpaired) electrons. The summed E-state index contributed by atoms with van der Waals surface area (Å²) in [5, 5.41) is 3.68. The molecule has 84 valence electrons. The van der Waals surface area contributed by atoms with Crippen molar-refractivity contribution in [1.82, 2.24) is 10.2 Å². The Morgan fingerprint density at radius 2 is 1.79 bits per heavy atom. The van der Waals surface area contributed by atoms with Gasteiger partial charge in [0.1, 0.15) is 0 Å². The highest BCUT2D eigenvalue weighted by Gasteiger charge is 2.19. The number of hydrogen-bond donors (Lipinski definition) is 1. The van der Waals surface area contributed by atoms with Crippen LogP contribution in [0.25, 0.3) is 0 Å². The zero-order valence-corrected chi connectivity index (χ0v) is 10.3. The predicted molar refractivity (Wildman–Crippen MR) is 62.6 cm³/mol. The van der Waals surface area contributed by atoms with Crippen LogP contribution in [-0.2, 0) is 0 Å². The molecule has 0 unspecified atom stereocenters. The Hall–Kier alpha value is -0.0800. The predicted octanol–water partition coefficient (Wildman–Crippen LogP) is 2.11. The minimum atomic E-state index is 0.419. The molecule has 1 aliphatic rings. The van der Waals surface area contributed by atoms with Crippen molar-refractivity contribution in [3.8, 4) is 0 Å². The molecule has 0 saturated carbocycles. The van der Waals surface area contributed by atoms with E-state index in [-0.39, 0.29) is 0 Å². The molecule has 0 aromatic carbocycles. The molecule has 2 heteroatoms. The van der Waals surface area contributed by atoms with Gasteiger partial charge in [0.2, 0.25) is 0 Å². The summed E-state index contributed by atoms with van der Waals surface area (Å²) in [6.07, 6.45) is 2.65. The highest BCUT2D eigenvalue weighted by Crippen LogP contribution is 2.14. The average molecular weight is 198 g/mol. The molecule has 0 atom stereocenters. The van der Waals surface area contributed by atoms with Gasteiger partial charge in [-0.05, 0) is 37.9 Å². The highest BCUT2D eigenvalue weighted by atomic mass is 15.1. The van der Waals surface area contributed by atoms with E-state index in [0.717, 1.165) is 12.6 Å². The zero-order valence-electron chi connectivity index (χ0n) is 10.3. The van der Waals surface area contributed by atoms with E-state index in [0.29, 0.717) is 5.41 Å². The molecular formula is C12H26N2. The van der Waals surface area contributed by atoms with Crippen molar-refractivity contribution in [3.63, 3.8) is 0 Å². The maximum atomic E-state index is 3.68. The number of rotatable bonds is 3. The minimum absolute atomic E-state index is 0.419. The van der Waals surface area contributed by atoms with Crippen LogP contribution in [0, 0.1) is 5.41 Å². The summed E-state index contributed by atoms with van der Waals surface area (Å²) in [7, 11) is 0. The largest absolute Gasteiger partial charge is 0.313 e. The normalized spacial score (nSPS) is 21.4. The molecular weight excluding hydrogens is 172 g/mol. The molecule has 14 heavy (non-hydrogen) atoms. The van der Waals surface area contributed by atoms with Gasteiger partial charge in [-0.3, -0.25) is 0 Å². The first kappa shape index (κ1) is 12.0. The fourth-order valence-corrected chi connectivity index (χ4v) is 1.90. The molecule has 1 N–H and O–H groups in total. The molecule has 0 aliphatic carbocycles. The Morgan fingerprint density at radius 3 is 2.21 bits per heavy atom. The van der Waals surface area contributed by atoms with Gasteiger partial charge in [-0.1, -0.05) is 27.7 Å². The second-order valence-electron chi connectivity index (χ2n) is 5.65. The average Bonchev–Trinajstić information content (AvgIpc) is 2.14. The van der Waals surface area contributed by atoms with Crippen LogP contribution in [0.3, 0.4) is 0 Å². The summed E-state index contributed by atoms with van der Waals surface area (Å²) in [5.74, 6) is 0. The quantitative estimate of drug-likeness (QED) is 0.747. The highest BCUT2D eigenvalue weighted by molar-refractivity contribution is 4.78. The van der Waals surface area contributed by atoms with Crippen molar-refractivity contribution in [3.05, 3.63) is 0 Å². The third-order valence-corrected chi connectivity index (χ3v) is 2.96. The Kier molecular flexibility index (Phi) is 4.39. The van der Waals surface area contributed by atoms with Crippen LogP contribution in [0.2, 0.25) is 0 Å². The molecule has 0 bridgehead atoms. The Morgan fingerprint density at radius 1 is 1.21 bits per heavy atom. The van der Waals surface area contributed by atoms with Gasteiger partial charge < -0.3 is 10.2 Å². The summed E-state index contributed by atoms with van der Waals surface area (Å²) in [6.45, 7) is 14.0. The van der Waals surface area contributed by atoms with Crippen LogP contribution in [0.4, 0.5) is 0 Å². The fourth-order valence-electron chi connectivity index (χ4n) is 1.90. The second-order valence-corrected chi connectivity index (χ2v) is 5.65. The van der Waals surface area contributed by atoms with Gasteiger partial charge in [-0.2, -0.15) is 0 Å². The number of nitrogens with zero attached hydrogens (tertiary/aromatic N) is 1. The monoisotopic (exact) mass is 198 g/mol. The maximum absolute atomic E-state index is 3.68. The maximum Gasteiger partial charge on any atom is 0.00916 e. The topological polar surface area (TPSA) is 15.3 Å². The van der Waals surface area contributed by atoms with Crippen molar-refractivity contribution in [2.24, 2.45) is 5.41 Å². The lowest BCUT2D eigenvalue weighted by Crippen LogP contribution is -2.44. The lowest BCUT2D eigenvalue weighted by molar-refractivity contribution is 0.197. The summed E-state index contributed by atoms with van der Waals surface area (Å²) < 4.78 is 0. The van der Waals surface area contributed by atoms with E-state index in [1.165, 1.54) is 32.5 Å². The van der Waals surface area contributed by atoms with Gasteiger partial charge in [0.05, 0.1) is 0 Å². The van der Waals surface area contributed by atoms with E-state index in [1.54, 1.807) is 0 Å². The molecule has 1 heterocycles. The molecule has 0 aromatic rings. The fraction of sp³-hybridized carbons (Fsp3) is 1.00. The summed E-state index contributed by atoms with van der Waals surface area (Å²) >= 11 is 0. The van der Waals surface area contributed by atoms with Gasteiger partial charge in [-0.15, -0.1) is 0 Å². The third kappa shape index (κ3) is 4.43. The number of piperidine rings is 1. The molecule has 0 aromatic heterocycles. The van der Waals surface area contributed by atoms with Crippen molar-refractivity contribution < 1.29 is 0 Å². The zero-order chi connectivity index (χ0) is 10.6. The van der Waals surface area contributed by atoms with Crippen LogP contribution in [0.15, 0.2) is 0 Å². The number of hydrogen-bond acceptors (Lipinski definition) is 2. The first-order valence-electron chi connectivity index (χ1n) is 5.97. The van der Waals surface area contributed by atoms with E-state index >= 15 is 0 Å². The Bertz CT molecular complexity index is 152. The third-order valence-electron chi connectivity index (χ3n) is 2.96.